The van der Waals surface area contributed by atoms with Crippen LogP contribution in [0.2, 0.25) is 0 Å². The highest BCUT2D eigenvalue weighted by atomic mass is 79.9. The van der Waals surface area contributed by atoms with E-state index in [9.17, 15) is 8.78 Å². The van der Waals surface area contributed by atoms with Gasteiger partial charge in [0.25, 0.3) is 0 Å². The van der Waals surface area contributed by atoms with Crippen LogP contribution in [-0.4, -0.2) is 6.54 Å². The maximum atomic E-state index is 13.3. The van der Waals surface area contributed by atoms with Crippen LogP contribution in [0.5, 0.6) is 0 Å². The zero-order valence-corrected chi connectivity index (χ0v) is 9.78. The van der Waals surface area contributed by atoms with Crippen LogP contribution in [0.1, 0.15) is 12.8 Å². The highest BCUT2D eigenvalue weighted by Crippen LogP contribution is 2.23. The number of anilines is 1. The van der Waals surface area contributed by atoms with Gasteiger partial charge in [0, 0.05) is 11.0 Å². The van der Waals surface area contributed by atoms with E-state index in [-0.39, 0.29) is 5.69 Å². The van der Waals surface area contributed by atoms with Gasteiger partial charge < -0.3 is 5.32 Å². The molecular weight excluding hydrogens is 264 g/mol. The van der Waals surface area contributed by atoms with E-state index in [1.165, 1.54) is 12.1 Å². The Kier molecular flexibility index (Phi) is 4.75. The monoisotopic (exact) mass is 275 g/mol. The van der Waals surface area contributed by atoms with Gasteiger partial charge in [0.15, 0.2) is 0 Å². The Morgan fingerprint density at radius 1 is 1.33 bits per heavy atom. The number of hydrogen-bond donors (Lipinski definition) is 1. The molecular formula is C11H12BrF2N. The van der Waals surface area contributed by atoms with Crippen LogP contribution in [0.25, 0.3) is 0 Å². The molecule has 0 bridgehead atoms. The Labute approximate surface area is 96.3 Å². The Morgan fingerprint density at radius 2 is 1.93 bits per heavy atom. The Bertz CT molecular complexity index is 329. The fourth-order valence-corrected chi connectivity index (χ4v) is 1.57. The SMILES string of the molecule is C=CCCCNc1c(F)cc(Br)cc1F. The molecule has 0 unspecified atom stereocenters. The van der Waals surface area contributed by atoms with Crippen LogP contribution in [-0.2, 0) is 0 Å². The number of benzene rings is 1. The molecule has 1 aromatic rings. The lowest BCUT2D eigenvalue weighted by Crippen LogP contribution is -2.05. The average molecular weight is 276 g/mol. The van der Waals surface area contributed by atoms with Crippen molar-refractivity contribution in [3.05, 3.63) is 40.9 Å². The van der Waals surface area contributed by atoms with Gasteiger partial charge in [-0.2, -0.15) is 0 Å². The average Bonchev–Trinajstić information content (AvgIpc) is 2.15. The molecule has 82 valence electrons. The third kappa shape index (κ3) is 3.63. The second-order valence-corrected chi connectivity index (χ2v) is 4.02. The van der Waals surface area contributed by atoms with Gasteiger partial charge in [-0.05, 0) is 25.0 Å². The van der Waals surface area contributed by atoms with Crippen LogP contribution >= 0.6 is 15.9 Å². The van der Waals surface area contributed by atoms with Crippen molar-refractivity contribution < 1.29 is 8.78 Å². The van der Waals surface area contributed by atoms with Gasteiger partial charge in [0.1, 0.15) is 17.3 Å². The van der Waals surface area contributed by atoms with Crippen LogP contribution in [0.15, 0.2) is 29.3 Å². The maximum absolute atomic E-state index is 13.3. The lowest BCUT2D eigenvalue weighted by atomic mass is 10.2. The summed E-state index contributed by atoms with van der Waals surface area (Å²) in [5, 5.41) is 2.72. The van der Waals surface area contributed by atoms with E-state index in [0.29, 0.717) is 11.0 Å². The predicted octanol–water partition coefficient (Wildman–Crippen LogP) is 4.11. The number of nitrogens with one attached hydrogen (secondary N) is 1. The molecule has 1 nitrogen and oxygen atoms in total. The zero-order valence-electron chi connectivity index (χ0n) is 8.19. The molecule has 15 heavy (non-hydrogen) atoms. The molecule has 0 amide bonds. The molecule has 0 saturated heterocycles. The molecule has 1 aromatic carbocycles. The van der Waals surface area contributed by atoms with Crippen molar-refractivity contribution in [3.63, 3.8) is 0 Å². The quantitative estimate of drug-likeness (QED) is 0.630. The molecule has 1 N–H and O–H groups in total. The molecule has 1 rings (SSSR count). The molecule has 4 heteroatoms. The Balaban J connectivity index is 2.64. The lowest BCUT2D eigenvalue weighted by Gasteiger charge is -2.08. The number of hydrogen-bond acceptors (Lipinski definition) is 1. The Hall–Kier alpha value is -0.900. The van der Waals surface area contributed by atoms with Gasteiger partial charge in [0.2, 0.25) is 0 Å². The molecule has 0 aliphatic heterocycles. The molecule has 0 atom stereocenters. The minimum Gasteiger partial charge on any atom is -0.380 e. The molecule has 0 aliphatic carbocycles. The van der Waals surface area contributed by atoms with Gasteiger partial charge >= 0.3 is 0 Å². The molecule has 0 radical (unpaired) electrons. The minimum absolute atomic E-state index is 0.0673. The molecule has 0 spiro atoms. The summed E-state index contributed by atoms with van der Waals surface area (Å²) in [6.45, 7) is 4.10. The second-order valence-electron chi connectivity index (χ2n) is 3.10. The van der Waals surface area contributed by atoms with E-state index in [2.05, 4.69) is 27.8 Å². The van der Waals surface area contributed by atoms with E-state index in [1.807, 2.05) is 0 Å². The summed E-state index contributed by atoms with van der Waals surface area (Å²) in [4.78, 5) is 0. The van der Waals surface area contributed by atoms with Crippen molar-refractivity contribution in [2.45, 2.75) is 12.8 Å². The van der Waals surface area contributed by atoms with Crippen molar-refractivity contribution in [3.8, 4) is 0 Å². The second kappa shape index (κ2) is 5.85. The largest absolute Gasteiger partial charge is 0.380 e. The summed E-state index contributed by atoms with van der Waals surface area (Å²) in [6, 6.07) is 2.47. The first-order valence-electron chi connectivity index (χ1n) is 4.64. The highest BCUT2D eigenvalue weighted by Gasteiger charge is 2.09. The van der Waals surface area contributed by atoms with E-state index in [4.69, 9.17) is 0 Å². The highest BCUT2D eigenvalue weighted by molar-refractivity contribution is 9.10. The van der Waals surface area contributed by atoms with Crippen molar-refractivity contribution >= 4 is 21.6 Å². The summed E-state index contributed by atoms with van der Waals surface area (Å²) < 4.78 is 26.9. The van der Waals surface area contributed by atoms with Crippen molar-refractivity contribution in [1.29, 1.82) is 0 Å². The summed E-state index contributed by atoms with van der Waals surface area (Å²) in [5.74, 6) is -1.17. The van der Waals surface area contributed by atoms with Gasteiger partial charge in [-0.1, -0.05) is 22.0 Å². The van der Waals surface area contributed by atoms with E-state index in [0.717, 1.165) is 12.8 Å². The van der Waals surface area contributed by atoms with Crippen LogP contribution in [0.4, 0.5) is 14.5 Å². The van der Waals surface area contributed by atoms with Gasteiger partial charge in [-0.3, -0.25) is 0 Å². The van der Waals surface area contributed by atoms with Crippen LogP contribution in [0, 0.1) is 11.6 Å². The van der Waals surface area contributed by atoms with Crippen LogP contribution in [0.3, 0.4) is 0 Å². The van der Waals surface area contributed by atoms with Crippen LogP contribution < -0.4 is 5.32 Å². The first kappa shape index (κ1) is 12.2. The van der Waals surface area contributed by atoms with Gasteiger partial charge in [0.05, 0.1) is 0 Å². The third-order valence-electron chi connectivity index (χ3n) is 1.89. The van der Waals surface area contributed by atoms with E-state index < -0.39 is 11.6 Å². The molecule has 0 saturated carbocycles. The minimum atomic E-state index is -0.583. The predicted molar refractivity (Wildman–Crippen MR) is 62.0 cm³/mol. The maximum Gasteiger partial charge on any atom is 0.150 e. The van der Waals surface area contributed by atoms with Crippen molar-refractivity contribution in [2.75, 3.05) is 11.9 Å². The third-order valence-corrected chi connectivity index (χ3v) is 2.35. The first-order chi connectivity index (χ1) is 7.15. The smallest absolute Gasteiger partial charge is 0.150 e. The fraction of sp³-hybridized carbons (Fsp3) is 0.273. The standard InChI is InChI=1S/C11H12BrF2N/c1-2-3-4-5-15-11-9(13)6-8(12)7-10(11)14/h2,6-7,15H,1,3-5H2. The van der Waals surface area contributed by atoms with Crippen molar-refractivity contribution in [2.24, 2.45) is 0 Å². The number of rotatable bonds is 5. The lowest BCUT2D eigenvalue weighted by molar-refractivity contribution is 0.586. The molecule has 0 heterocycles. The summed E-state index contributed by atoms with van der Waals surface area (Å²) >= 11 is 3.02. The number of halogens is 3. The first-order valence-corrected chi connectivity index (χ1v) is 5.43. The fourth-order valence-electron chi connectivity index (χ4n) is 1.17. The Morgan fingerprint density at radius 3 is 2.47 bits per heavy atom. The van der Waals surface area contributed by atoms with Gasteiger partial charge in [-0.15, -0.1) is 6.58 Å². The number of allylic oxidation sites excluding steroid dienone is 1. The molecule has 0 aliphatic rings. The van der Waals surface area contributed by atoms with Crippen molar-refractivity contribution in [1.82, 2.24) is 0 Å². The normalized spacial score (nSPS) is 10.1. The number of unbranched alkanes of at least 4 members (excludes halogenated alkanes) is 1. The summed E-state index contributed by atoms with van der Waals surface area (Å²) in [5.41, 5.74) is -0.0673. The summed E-state index contributed by atoms with van der Waals surface area (Å²) in [7, 11) is 0. The summed E-state index contributed by atoms with van der Waals surface area (Å²) in [6.07, 6.45) is 3.40. The zero-order chi connectivity index (χ0) is 11.3. The molecule has 0 fully saturated rings. The topological polar surface area (TPSA) is 12.0 Å². The molecule has 0 aromatic heterocycles. The van der Waals surface area contributed by atoms with Gasteiger partial charge in [-0.25, -0.2) is 8.78 Å². The van der Waals surface area contributed by atoms with E-state index in [1.54, 1.807) is 6.08 Å². The van der Waals surface area contributed by atoms with E-state index >= 15 is 0 Å².